The van der Waals surface area contributed by atoms with E-state index < -0.39 is 0 Å². The number of para-hydroxylation sites is 3. The summed E-state index contributed by atoms with van der Waals surface area (Å²) in [5, 5.41) is 0. The minimum Gasteiger partial charge on any atom is -0.311 e. The first-order valence-corrected chi connectivity index (χ1v) is 26.4. The first-order valence-electron chi connectivity index (χ1n) is 26.4. The molecule has 11 rings (SSSR count). The highest BCUT2D eigenvalue weighted by Crippen LogP contribution is 2.41. The number of rotatable bonds is 19. The Balaban J connectivity index is 0.865. The molecule has 0 bridgehead atoms. The van der Waals surface area contributed by atoms with Crippen molar-refractivity contribution in [2.75, 3.05) is 14.7 Å². The van der Waals surface area contributed by atoms with Crippen molar-refractivity contribution in [2.24, 2.45) is 0 Å². The molecule has 1 aliphatic rings. The summed E-state index contributed by atoms with van der Waals surface area (Å²) in [6, 6.07) is 93.1. The number of hydrogen-bond donors (Lipinski definition) is 0. The Bertz CT molecular complexity index is 3290. The maximum Gasteiger partial charge on any atom is 0.0467 e. The van der Waals surface area contributed by atoms with Gasteiger partial charge in [0.05, 0.1) is 0 Å². The number of nitrogens with zero attached hydrogens (tertiary/aromatic N) is 3. The van der Waals surface area contributed by atoms with Crippen LogP contribution in [0.5, 0.6) is 0 Å². The van der Waals surface area contributed by atoms with Gasteiger partial charge in [-0.1, -0.05) is 185 Å². The van der Waals surface area contributed by atoms with E-state index in [4.69, 9.17) is 0 Å². The molecule has 0 spiro atoms. The van der Waals surface area contributed by atoms with Crippen molar-refractivity contribution in [1.29, 1.82) is 0 Å². The van der Waals surface area contributed by atoms with Crippen molar-refractivity contribution in [3.63, 3.8) is 0 Å². The van der Waals surface area contributed by atoms with Crippen molar-refractivity contribution >= 4 is 51.2 Å². The molecule has 10 aromatic rings. The molecule has 0 aliphatic heterocycles. The summed E-state index contributed by atoms with van der Waals surface area (Å²) < 4.78 is 0. The highest BCUT2D eigenvalue weighted by atomic mass is 15.2. The Morgan fingerprint density at radius 1 is 0.260 bits per heavy atom. The molecule has 0 saturated heterocycles. The summed E-state index contributed by atoms with van der Waals surface area (Å²) in [5.41, 5.74) is 21.7. The van der Waals surface area contributed by atoms with Gasteiger partial charge >= 0.3 is 0 Å². The van der Waals surface area contributed by atoms with Gasteiger partial charge < -0.3 is 14.7 Å². The first kappa shape index (κ1) is 47.0. The Morgan fingerprint density at radius 3 is 1.01 bits per heavy atom. The van der Waals surface area contributed by atoms with Crippen molar-refractivity contribution in [3.05, 3.63) is 271 Å². The highest BCUT2D eigenvalue weighted by Gasteiger charge is 2.19. The van der Waals surface area contributed by atoms with Gasteiger partial charge in [0, 0.05) is 51.2 Å². The molecular weight excluding hydrogens is 883 g/mol. The van der Waals surface area contributed by atoms with E-state index in [0.29, 0.717) is 0 Å². The van der Waals surface area contributed by atoms with Gasteiger partial charge in [0.25, 0.3) is 0 Å². The van der Waals surface area contributed by atoms with Crippen molar-refractivity contribution in [1.82, 2.24) is 0 Å². The Morgan fingerprint density at radius 2 is 0.603 bits per heavy atom. The van der Waals surface area contributed by atoms with Crippen LogP contribution in [0.4, 0.5) is 51.2 Å². The van der Waals surface area contributed by atoms with Crippen LogP contribution in [0.2, 0.25) is 0 Å². The highest BCUT2D eigenvalue weighted by molar-refractivity contribution is 5.84. The Labute approximate surface area is 433 Å². The van der Waals surface area contributed by atoms with Crippen LogP contribution in [0, 0.1) is 0 Å². The number of benzene rings is 10. The summed E-state index contributed by atoms with van der Waals surface area (Å²) in [4.78, 5) is 7.05. The van der Waals surface area contributed by atoms with Crippen LogP contribution in [0.25, 0.3) is 33.4 Å². The van der Waals surface area contributed by atoms with E-state index in [1.165, 1.54) is 101 Å². The van der Waals surface area contributed by atoms with Gasteiger partial charge in [-0.3, -0.25) is 0 Å². The van der Waals surface area contributed by atoms with Crippen LogP contribution in [0.15, 0.2) is 255 Å². The zero-order chi connectivity index (χ0) is 49.2. The molecule has 0 amide bonds. The van der Waals surface area contributed by atoms with E-state index in [2.05, 4.69) is 276 Å². The molecular formula is C70H63N3. The van der Waals surface area contributed by atoms with E-state index in [-0.39, 0.29) is 0 Å². The van der Waals surface area contributed by atoms with Gasteiger partial charge in [-0.05, 0) is 185 Å². The van der Waals surface area contributed by atoms with Crippen LogP contribution in [0.1, 0.15) is 62.1 Å². The molecule has 0 atom stereocenters. The zero-order valence-corrected chi connectivity index (χ0v) is 42.0. The van der Waals surface area contributed by atoms with Crippen LogP contribution in [-0.2, 0) is 19.3 Å². The molecule has 0 N–H and O–H groups in total. The lowest BCUT2D eigenvalue weighted by molar-refractivity contribution is 0.607. The number of unbranched alkanes of at least 4 members (excludes halogenated alkanes) is 5. The predicted molar refractivity (Wildman–Crippen MR) is 311 cm³/mol. The van der Waals surface area contributed by atoms with E-state index >= 15 is 0 Å². The molecule has 0 unspecified atom stereocenters. The molecule has 3 heteroatoms. The van der Waals surface area contributed by atoms with Crippen LogP contribution in [0.3, 0.4) is 0 Å². The minimum atomic E-state index is 1.10. The summed E-state index contributed by atoms with van der Waals surface area (Å²) >= 11 is 0. The molecule has 0 radical (unpaired) electrons. The normalized spacial score (nSPS) is 11.6. The van der Waals surface area contributed by atoms with Crippen molar-refractivity contribution < 1.29 is 0 Å². The van der Waals surface area contributed by atoms with Crippen LogP contribution < -0.4 is 14.7 Å². The standard InChI is InChI=1S/C70H63N3/c1-2-3-4-5-6-10-18-53-27-41-65(42-28-53)72(64-24-15-9-16-25-64)67-45-35-55(36-46-67)57-39-49-69(50-40-57)73(70-26-17-19-59(52-70)61-32-30-58-29-31-60(58)51-61)68-47-37-56(38-48-68)54-33-43-66(44-34-54)71(62-20-11-7-12-21-62)63-22-13-8-14-23-63/h7-9,11-17,19-28,30,32-52H,2-6,10,18,29,31H2,1H3. The summed E-state index contributed by atoms with van der Waals surface area (Å²) in [5.74, 6) is 0. The van der Waals surface area contributed by atoms with E-state index in [1.807, 2.05) is 0 Å². The van der Waals surface area contributed by atoms with Gasteiger partial charge in [0.1, 0.15) is 0 Å². The first-order chi connectivity index (χ1) is 36.1. The number of fused-ring (bicyclic) bond motifs is 1. The third kappa shape index (κ3) is 10.8. The molecule has 73 heavy (non-hydrogen) atoms. The third-order valence-electron chi connectivity index (χ3n) is 14.5. The van der Waals surface area contributed by atoms with Crippen LogP contribution in [-0.4, -0.2) is 0 Å². The summed E-state index contributed by atoms with van der Waals surface area (Å²) in [6.45, 7) is 2.28. The molecule has 358 valence electrons. The Hall–Kier alpha value is -8.40. The fraction of sp³-hybridized carbons (Fsp3) is 0.143. The van der Waals surface area contributed by atoms with Gasteiger partial charge in [0.15, 0.2) is 0 Å². The van der Waals surface area contributed by atoms with Crippen molar-refractivity contribution in [3.8, 4) is 33.4 Å². The molecule has 3 nitrogen and oxygen atoms in total. The number of anilines is 9. The molecule has 0 heterocycles. The monoisotopic (exact) mass is 946 g/mol. The summed E-state index contributed by atoms with van der Waals surface area (Å²) in [7, 11) is 0. The number of aryl methyl sites for hydroxylation is 3. The van der Waals surface area contributed by atoms with Gasteiger partial charge in [-0.25, -0.2) is 0 Å². The fourth-order valence-corrected chi connectivity index (χ4v) is 10.4. The smallest absolute Gasteiger partial charge is 0.0467 e. The SMILES string of the molecule is CCCCCCCCc1ccc(N(c2ccccc2)c2ccc(-c3ccc(N(c4ccc(-c5ccc(N(c6ccccc6)c6ccccc6)cc5)cc4)c4cccc(-c5ccc6c(c5)CC6)c4)cc3)cc2)cc1. The van der Waals surface area contributed by atoms with E-state index in [9.17, 15) is 0 Å². The second-order valence-corrected chi connectivity index (χ2v) is 19.4. The maximum atomic E-state index is 2.39. The minimum absolute atomic E-state index is 1.10. The maximum absolute atomic E-state index is 2.39. The average Bonchev–Trinajstić information content (AvgIpc) is 3.45. The van der Waals surface area contributed by atoms with Gasteiger partial charge in [-0.15, -0.1) is 0 Å². The topological polar surface area (TPSA) is 9.72 Å². The van der Waals surface area contributed by atoms with E-state index in [0.717, 1.165) is 58.3 Å². The van der Waals surface area contributed by atoms with Gasteiger partial charge in [-0.2, -0.15) is 0 Å². The quantitative estimate of drug-likeness (QED) is 0.0748. The largest absolute Gasteiger partial charge is 0.311 e. The van der Waals surface area contributed by atoms with E-state index in [1.54, 1.807) is 0 Å². The lowest BCUT2D eigenvalue weighted by Crippen LogP contribution is -2.10. The molecule has 1 aliphatic carbocycles. The molecule has 0 aromatic heterocycles. The Kier molecular flexibility index (Phi) is 14.4. The number of hydrogen-bond acceptors (Lipinski definition) is 3. The molecule has 0 saturated carbocycles. The second-order valence-electron chi connectivity index (χ2n) is 19.4. The lowest BCUT2D eigenvalue weighted by atomic mass is 9.86. The molecule has 10 aromatic carbocycles. The lowest BCUT2D eigenvalue weighted by Gasteiger charge is -2.27. The summed E-state index contributed by atoms with van der Waals surface area (Å²) in [6.07, 6.45) is 11.4. The third-order valence-corrected chi connectivity index (χ3v) is 14.5. The zero-order valence-electron chi connectivity index (χ0n) is 42.0. The van der Waals surface area contributed by atoms with Crippen molar-refractivity contribution in [2.45, 2.75) is 64.7 Å². The van der Waals surface area contributed by atoms with Gasteiger partial charge in [0.2, 0.25) is 0 Å². The predicted octanol–water partition coefficient (Wildman–Crippen LogP) is 20.1. The van der Waals surface area contributed by atoms with Crippen LogP contribution >= 0.6 is 0 Å². The molecule has 0 fully saturated rings. The second kappa shape index (κ2) is 22.4. The fourth-order valence-electron chi connectivity index (χ4n) is 10.4. The average molecular weight is 946 g/mol.